The minimum Gasteiger partial charge on any atom is -0.393 e. The van der Waals surface area contributed by atoms with Crippen molar-refractivity contribution in [1.29, 1.82) is 0 Å². The van der Waals surface area contributed by atoms with Gasteiger partial charge in [-0.3, -0.25) is 0 Å². The van der Waals surface area contributed by atoms with Crippen molar-refractivity contribution in [1.82, 2.24) is 0 Å². The van der Waals surface area contributed by atoms with E-state index in [-0.39, 0.29) is 6.08 Å². The Morgan fingerprint density at radius 2 is 0.661 bits per heavy atom. The van der Waals surface area contributed by atoms with Gasteiger partial charge >= 0.3 is 72.5 Å². The highest BCUT2D eigenvalue weighted by molar-refractivity contribution is 5.87. The zero-order valence-corrected chi connectivity index (χ0v) is 27.1. The molecule has 0 rings (SSSR count). The highest BCUT2D eigenvalue weighted by Gasteiger charge is 2.69. The first-order valence-electron chi connectivity index (χ1n) is 13.3. The zero-order chi connectivity index (χ0) is 46.1. The van der Waals surface area contributed by atoms with Gasteiger partial charge in [-0.05, 0) is 13.8 Å². The van der Waals surface area contributed by atoms with Crippen molar-refractivity contribution in [2.24, 2.45) is 0 Å². The molecule has 3 atom stereocenters. The standard InChI is InChI=1S/2C9H8F8O2.C8H6F8O2/c2*1-4(2)6(18)19-9(16,17)8(14,15)5(10)3-7(11,12)13;1-2-5(17)18-8(15,16)7(13,14)4(9)3-6(10,11)12/h2*5H,1,3H2,2H3;2,4H,1,3H2. The summed E-state index contributed by atoms with van der Waals surface area (Å²) in [6.45, 7) is 9.87. The van der Waals surface area contributed by atoms with E-state index in [0.29, 0.717) is 0 Å². The SMILES string of the molecule is C=C(C)C(=O)OC(F)(F)C(F)(F)C(F)CC(F)(F)F.C=C(C)C(=O)OC(F)(F)C(F)(F)C(F)CC(F)(F)F.C=CC(=O)OC(F)(F)C(F)(F)C(F)CC(F)(F)F. The van der Waals surface area contributed by atoms with E-state index in [2.05, 4.69) is 33.9 Å². The minimum atomic E-state index is -5.83. The third kappa shape index (κ3) is 18.3. The van der Waals surface area contributed by atoms with Crippen molar-refractivity contribution in [3.05, 3.63) is 37.0 Å². The topological polar surface area (TPSA) is 78.9 Å². The van der Waals surface area contributed by atoms with Crippen molar-refractivity contribution in [3.8, 4) is 0 Å². The normalized spacial score (nSPS) is 15.0. The number of rotatable bonds is 15. The largest absolute Gasteiger partial charge is 0.469 e. The number of hydrogen-bond acceptors (Lipinski definition) is 6. The second-order valence-corrected chi connectivity index (χ2v) is 10.2. The molecule has 330 valence electrons. The van der Waals surface area contributed by atoms with Gasteiger partial charge in [-0.25, -0.2) is 27.6 Å². The monoisotopic (exact) mass is 886 g/mol. The maximum atomic E-state index is 12.8. The van der Waals surface area contributed by atoms with Gasteiger partial charge in [0.1, 0.15) is 0 Å². The molecule has 0 spiro atoms. The third-order valence-corrected chi connectivity index (χ3v) is 5.11. The lowest BCUT2D eigenvalue weighted by atomic mass is 10.1. The van der Waals surface area contributed by atoms with E-state index in [1.54, 1.807) is 0 Å². The Kier molecular flexibility index (Phi) is 19.5. The molecular weight excluding hydrogens is 864 g/mol. The Labute approximate surface area is 296 Å². The number of hydrogen-bond donors (Lipinski definition) is 0. The molecular formula is C26H22F24O6. The van der Waals surface area contributed by atoms with Crippen LogP contribution in [-0.2, 0) is 28.6 Å². The fourth-order valence-electron chi connectivity index (χ4n) is 2.32. The molecule has 0 aromatic heterocycles. The van der Waals surface area contributed by atoms with Gasteiger partial charge in [-0.1, -0.05) is 19.7 Å². The summed E-state index contributed by atoms with van der Waals surface area (Å²) < 4.78 is 305. The molecule has 0 aromatic rings. The molecule has 0 aromatic carbocycles. The van der Waals surface area contributed by atoms with Gasteiger partial charge in [0.05, 0.1) is 19.3 Å². The molecule has 30 heteroatoms. The maximum absolute atomic E-state index is 12.8. The average molecular weight is 886 g/mol. The number of esters is 3. The van der Waals surface area contributed by atoms with Crippen LogP contribution in [-0.4, -0.2) is 91.0 Å². The first-order chi connectivity index (χ1) is 24.2. The van der Waals surface area contributed by atoms with E-state index in [1.165, 1.54) is 0 Å². The predicted octanol–water partition coefficient (Wildman–Crippen LogP) is 10.5. The van der Waals surface area contributed by atoms with Crippen LogP contribution in [0.25, 0.3) is 0 Å². The van der Waals surface area contributed by atoms with Crippen molar-refractivity contribution < 1.29 is 134 Å². The second-order valence-electron chi connectivity index (χ2n) is 10.2. The molecule has 0 saturated carbocycles. The second kappa shape index (κ2) is 19.4. The quantitative estimate of drug-likeness (QED) is 0.0706. The number of ether oxygens (including phenoxy) is 3. The van der Waals surface area contributed by atoms with Crippen LogP contribution in [0.15, 0.2) is 37.0 Å². The van der Waals surface area contributed by atoms with Gasteiger partial charge < -0.3 is 14.2 Å². The van der Waals surface area contributed by atoms with E-state index < -0.39 is 121 Å². The summed E-state index contributed by atoms with van der Waals surface area (Å²) in [5.41, 5.74) is -1.41. The maximum Gasteiger partial charge on any atom is 0.469 e. The highest BCUT2D eigenvalue weighted by Crippen LogP contribution is 2.45. The van der Waals surface area contributed by atoms with Crippen molar-refractivity contribution >= 4 is 17.9 Å². The molecule has 0 N–H and O–H groups in total. The molecule has 0 aliphatic rings. The molecule has 0 fully saturated rings. The van der Waals surface area contributed by atoms with E-state index in [4.69, 9.17) is 0 Å². The number of halogens is 24. The van der Waals surface area contributed by atoms with Gasteiger partial charge in [-0.2, -0.15) is 92.2 Å². The van der Waals surface area contributed by atoms with Crippen molar-refractivity contribution in [2.75, 3.05) is 0 Å². The molecule has 0 radical (unpaired) electrons. The first kappa shape index (κ1) is 56.3. The summed E-state index contributed by atoms with van der Waals surface area (Å²) in [4.78, 5) is 31.6. The van der Waals surface area contributed by atoms with E-state index in [1.807, 2.05) is 0 Å². The van der Waals surface area contributed by atoms with Crippen LogP contribution in [0.3, 0.4) is 0 Å². The van der Waals surface area contributed by atoms with E-state index in [9.17, 15) is 120 Å². The lowest BCUT2D eigenvalue weighted by Gasteiger charge is -2.28. The molecule has 0 saturated heterocycles. The Balaban J connectivity index is -0.000000753. The smallest absolute Gasteiger partial charge is 0.393 e. The van der Waals surface area contributed by atoms with Gasteiger partial charge in [-0.15, -0.1) is 0 Å². The molecule has 3 unspecified atom stereocenters. The van der Waals surface area contributed by atoms with Gasteiger partial charge in [0.15, 0.2) is 18.5 Å². The molecule has 0 bridgehead atoms. The molecule has 6 nitrogen and oxygen atoms in total. The fraction of sp³-hybridized carbons (Fsp3) is 0.654. The molecule has 0 aliphatic carbocycles. The first-order valence-corrected chi connectivity index (χ1v) is 13.3. The summed E-state index contributed by atoms with van der Waals surface area (Å²) >= 11 is 0. The Morgan fingerprint density at radius 1 is 0.464 bits per heavy atom. The Morgan fingerprint density at radius 3 is 0.821 bits per heavy atom. The van der Waals surface area contributed by atoms with Crippen LogP contribution in [0, 0.1) is 0 Å². The van der Waals surface area contributed by atoms with Crippen LogP contribution in [0.5, 0.6) is 0 Å². The van der Waals surface area contributed by atoms with Crippen LogP contribution >= 0.6 is 0 Å². The van der Waals surface area contributed by atoms with Crippen LogP contribution < -0.4 is 0 Å². The van der Waals surface area contributed by atoms with Gasteiger partial charge in [0, 0.05) is 17.2 Å². The number of carbonyl (C=O) groups is 3. The predicted molar refractivity (Wildman–Crippen MR) is 134 cm³/mol. The summed E-state index contributed by atoms with van der Waals surface area (Å²) in [7, 11) is 0. The Bertz CT molecular complexity index is 1290. The zero-order valence-electron chi connectivity index (χ0n) is 27.1. The van der Waals surface area contributed by atoms with Crippen LogP contribution in [0.1, 0.15) is 33.1 Å². The van der Waals surface area contributed by atoms with Crippen molar-refractivity contribution in [2.45, 2.75) is 106 Å². The lowest BCUT2D eigenvalue weighted by molar-refractivity contribution is -0.350. The van der Waals surface area contributed by atoms with E-state index >= 15 is 0 Å². The summed E-state index contributed by atoms with van der Waals surface area (Å²) in [5.74, 6) is -23.5. The molecule has 0 amide bonds. The summed E-state index contributed by atoms with van der Waals surface area (Å²) in [6, 6.07) is 0. The average Bonchev–Trinajstić information content (AvgIpc) is 2.93. The Hall–Kier alpha value is -4.05. The highest BCUT2D eigenvalue weighted by atomic mass is 19.4. The minimum absolute atomic E-state index is 0.0704. The summed E-state index contributed by atoms with van der Waals surface area (Å²) in [6.07, 6.45) is -54.6. The molecule has 0 heterocycles. The van der Waals surface area contributed by atoms with E-state index in [0.717, 1.165) is 13.8 Å². The number of alkyl halides is 24. The van der Waals surface area contributed by atoms with Gasteiger partial charge in [0.25, 0.3) is 0 Å². The van der Waals surface area contributed by atoms with Crippen LogP contribution in [0.4, 0.5) is 105 Å². The van der Waals surface area contributed by atoms with Crippen molar-refractivity contribution in [3.63, 3.8) is 0 Å². The van der Waals surface area contributed by atoms with Gasteiger partial charge in [0.2, 0.25) is 0 Å². The fourth-order valence-corrected chi connectivity index (χ4v) is 2.32. The molecule has 56 heavy (non-hydrogen) atoms. The lowest BCUT2D eigenvalue weighted by Crippen LogP contribution is -2.51. The number of carbonyl (C=O) groups excluding carboxylic acids is 3. The molecule has 0 aliphatic heterocycles. The van der Waals surface area contributed by atoms with Crippen LogP contribution in [0.2, 0.25) is 0 Å². The third-order valence-electron chi connectivity index (χ3n) is 5.11. The summed E-state index contributed by atoms with van der Waals surface area (Å²) in [5, 5.41) is 0.